The van der Waals surface area contributed by atoms with Crippen LogP contribution in [0.15, 0.2) is 23.2 Å². The van der Waals surface area contributed by atoms with Gasteiger partial charge in [0, 0.05) is 6.54 Å². The third-order valence-electron chi connectivity index (χ3n) is 2.84. The Morgan fingerprint density at radius 3 is 2.67 bits per heavy atom. The zero-order chi connectivity index (χ0) is 13.0. The molecular weight excluding hydrogens is 232 g/mol. The molecule has 18 heavy (non-hydrogen) atoms. The number of carbonyl (C=O) groups is 1. The Morgan fingerprint density at radius 2 is 2.06 bits per heavy atom. The summed E-state index contributed by atoms with van der Waals surface area (Å²) >= 11 is 0. The number of amides is 1. The average molecular weight is 248 g/mol. The SMILES string of the molecule is COc1ccc(CCN2C=NC(=O)C2)cc1OC. The number of nitrogens with zero attached hydrogens (tertiary/aromatic N) is 2. The molecule has 0 saturated heterocycles. The highest BCUT2D eigenvalue weighted by Crippen LogP contribution is 2.27. The second-order valence-corrected chi connectivity index (χ2v) is 4.05. The number of hydrogen-bond donors (Lipinski definition) is 0. The molecule has 5 nitrogen and oxygen atoms in total. The highest BCUT2D eigenvalue weighted by Gasteiger charge is 2.13. The standard InChI is InChI=1S/C13H16N2O3/c1-17-11-4-3-10(7-12(11)18-2)5-6-15-8-13(16)14-9-15/h3-4,7,9H,5-6,8H2,1-2H3. The summed E-state index contributed by atoms with van der Waals surface area (Å²) < 4.78 is 10.4. The molecule has 1 amide bonds. The topological polar surface area (TPSA) is 51.1 Å². The van der Waals surface area contributed by atoms with Crippen LogP contribution in [-0.2, 0) is 11.2 Å². The van der Waals surface area contributed by atoms with Gasteiger partial charge in [-0.1, -0.05) is 6.07 Å². The van der Waals surface area contributed by atoms with E-state index < -0.39 is 0 Å². The monoisotopic (exact) mass is 248 g/mol. The molecule has 2 rings (SSSR count). The fourth-order valence-corrected chi connectivity index (χ4v) is 1.85. The molecule has 1 aromatic carbocycles. The number of aliphatic imine (C=N–C) groups is 1. The van der Waals surface area contributed by atoms with Crippen molar-refractivity contribution < 1.29 is 14.3 Å². The lowest BCUT2D eigenvalue weighted by molar-refractivity contribution is -0.117. The molecule has 0 spiro atoms. The van der Waals surface area contributed by atoms with Gasteiger partial charge in [-0.2, -0.15) is 0 Å². The van der Waals surface area contributed by atoms with E-state index in [0.29, 0.717) is 6.54 Å². The smallest absolute Gasteiger partial charge is 0.266 e. The zero-order valence-corrected chi connectivity index (χ0v) is 10.5. The van der Waals surface area contributed by atoms with Gasteiger partial charge in [-0.15, -0.1) is 0 Å². The Bertz CT molecular complexity index is 471. The number of carbonyl (C=O) groups excluding carboxylic acids is 1. The van der Waals surface area contributed by atoms with Gasteiger partial charge in [0.05, 0.1) is 20.6 Å². The van der Waals surface area contributed by atoms with Crippen molar-refractivity contribution in [3.05, 3.63) is 23.8 Å². The van der Waals surface area contributed by atoms with Crippen LogP contribution in [0.2, 0.25) is 0 Å². The highest BCUT2D eigenvalue weighted by atomic mass is 16.5. The molecule has 1 aromatic rings. The molecule has 0 unspecified atom stereocenters. The van der Waals surface area contributed by atoms with Crippen LogP contribution in [0.3, 0.4) is 0 Å². The second kappa shape index (κ2) is 5.53. The lowest BCUT2D eigenvalue weighted by Crippen LogP contribution is -2.23. The lowest BCUT2D eigenvalue weighted by Gasteiger charge is -2.13. The molecule has 0 aromatic heterocycles. The normalized spacial score (nSPS) is 14.1. The minimum Gasteiger partial charge on any atom is -0.493 e. The fraction of sp³-hybridized carbons (Fsp3) is 0.385. The predicted octanol–water partition coefficient (Wildman–Crippen LogP) is 1.12. The minimum absolute atomic E-state index is 0.0812. The van der Waals surface area contributed by atoms with Gasteiger partial charge in [-0.25, -0.2) is 4.99 Å². The van der Waals surface area contributed by atoms with Crippen LogP contribution >= 0.6 is 0 Å². The van der Waals surface area contributed by atoms with Gasteiger partial charge in [0.2, 0.25) is 0 Å². The van der Waals surface area contributed by atoms with E-state index in [1.165, 1.54) is 0 Å². The van der Waals surface area contributed by atoms with Gasteiger partial charge in [0.15, 0.2) is 11.5 Å². The third-order valence-corrected chi connectivity index (χ3v) is 2.84. The summed E-state index contributed by atoms with van der Waals surface area (Å²) in [4.78, 5) is 16.6. The summed E-state index contributed by atoms with van der Waals surface area (Å²) in [5.41, 5.74) is 1.14. The summed E-state index contributed by atoms with van der Waals surface area (Å²) in [6.07, 6.45) is 2.43. The van der Waals surface area contributed by atoms with Gasteiger partial charge in [-0.3, -0.25) is 4.79 Å². The van der Waals surface area contributed by atoms with E-state index >= 15 is 0 Å². The maximum Gasteiger partial charge on any atom is 0.266 e. The van der Waals surface area contributed by atoms with E-state index in [2.05, 4.69) is 4.99 Å². The van der Waals surface area contributed by atoms with E-state index in [-0.39, 0.29) is 5.91 Å². The Hall–Kier alpha value is -2.04. The van der Waals surface area contributed by atoms with Crippen LogP contribution in [0.5, 0.6) is 11.5 Å². The van der Waals surface area contributed by atoms with Crippen molar-refractivity contribution >= 4 is 12.2 Å². The largest absolute Gasteiger partial charge is 0.493 e. The molecular formula is C13H16N2O3. The fourth-order valence-electron chi connectivity index (χ4n) is 1.85. The summed E-state index contributed by atoms with van der Waals surface area (Å²) in [5, 5.41) is 0. The van der Waals surface area contributed by atoms with E-state index in [0.717, 1.165) is 30.0 Å². The summed E-state index contributed by atoms with van der Waals surface area (Å²) in [5.74, 6) is 1.36. The Morgan fingerprint density at radius 1 is 1.28 bits per heavy atom. The van der Waals surface area contributed by atoms with Gasteiger partial charge in [-0.05, 0) is 24.1 Å². The van der Waals surface area contributed by atoms with Gasteiger partial charge in [0.1, 0.15) is 6.54 Å². The third kappa shape index (κ3) is 2.80. The van der Waals surface area contributed by atoms with Crippen molar-refractivity contribution in [1.82, 2.24) is 4.90 Å². The van der Waals surface area contributed by atoms with Gasteiger partial charge in [0.25, 0.3) is 5.91 Å². The molecule has 1 heterocycles. The van der Waals surface area contributed by atoms with Crippen molar-refractivity contribution in [1.29, 1.82) is 0 Å². The number of rotatable bonds is 5. The van der Waals surface area contributed by atoms with Crippen molar-refractivity contribution in [3.63, 3.8) is 0 Å². The molecule has 0 fully saturated rings. The first-order valence-corrected chi connectivity index (χ1v) is 5.75. The molecule has 1 aliphatic heterocycles. The molecule has 0 saturated carbocycles. The average Bonchev–Trinajstić information content (AvgIpc) is 2.81. The van der Waals surface area contributed by atoms with E-state index in [1.54, 1.807) is 20.6 Å². The molecule has 1 aliphatic rings. The molecule has 96 valence electrons. The zero-order valence-electron chi connectivity index (χ0n) is 10.5. The van der Waals surface area contributed by atoms with Crippen LogP contribution in [0.4, 0.5) is 0 Å². The summed E-state index contributed by atoms with van der Waals surface area (Å²) in [7, 11) is 3.23. The Kier molecular flexibility index (Phi) is 3.82. The molecule has 5 heteroatoms. The van der Waals surface area contributed by atoms with Crippen molar-refractivity contribution in [2.75, 3.05) is 27.3 Å². The molecule has 0 bridgehead atoms. The minimum atomic E-state index is -0.0812. The van der Waals surface area contributed by atoms with E-state index in [4.69, 9.17) is 9.47 Å². The molecule has 0 atom stereocenters. The molecule has 0 aliphatic carbocycles. The first-order valence-electron chi connectivity index (χ1n) is 5.75. The van der Waals surface area contributed by atoms with Gasteiger partial charge < -0.3 is 14.4 Å². The summed E-state index contributed by atoms with van der Waals surface area (Å²) in [6.45, 7) is 1.15. The number of methoxy groups -OCH3 is 2. The van der Waals surface area contributed by atoms with Crippen LogP contribution in [0.1, 0.15) is 5.56 Å². The predicted molar refractivity (Wildman–Crippen MR) is 68.3 cm³/mol. The quantitative estimate of drug-likeness (QED) is 0.783. The Balaban J connectivity index is 1.97. The van der Waals surface area contributed by atoms with Crippen molar-refractivity contribution in [3.8, 4) is 11.5 Å². The maximum absolute atomic E-state index is 11.0. The van der Waals surface area contributed by atoms with Crippen LogP contribution in [-0.4, -0.2) is 44.5 Å². The van der Waals surface area contributed by atoms with Crippen molar-refractivity contribution in [2.24, 2.45) is 4.99 Å². The van der Waals surface area contributed by atoms with E-state index in [1.807, 2.05) is 23.1 Å². The van der Waals surface area contributed by atoms with Crippen molar-refractivity contribution in [2.45, 2.75) is 6.42 Å². The molecule has 0 N–H and O–H groups in total. The lowest BCUT2D eigenvalue weighted by atomic mass is 10.1. The molecule has 0 radical (unpaired) electrons. The van der Waals surface area contributed by atoms with E-state index in [9.17, 15) is 4.79 Å². The first kappa shape index (κ1) is 12.4. The second-order valence-electron chi connectivity index (χ2n) is 4.05. The highest BCUT2D eigenvalue weighted by molar-refractivity contribution is 5.91. The number of benzene rings is 1. The van der Waals surface area contributed by atoms with Crippen LogP contribution in [0, 0.1) is 0 Å². The maximum atomic E-state index is 11.0. The van der Waals surface area contributed by atoms with Crippen LogP contribution in [0.25, 0.3) is 0 Å². The summed E-state index contributed by atoms with van der Waals surface area (Å²) in [6, 6.07) is 5.83. The van der Waals surface area contributed by atoms with Crippen LogP contribution < -0.4 is 9.47 Å². The number of hydrogen-bond acceptors (Lipinski definition) is 4. The first-order chi connectivity index (χ1) is 8.72. The van der Waals surface area contributed by atoms with Gasteiger partial charge >= 0.3 is 0 Å². The number of ether oxygens (including phenoxy) is 2. The Labute approximate surface area is 106 Å².